The quantitative estimate of drug-likeness (QED) is 0.416. The van der Waals surface area contributed by atoms with Crippen LogP contribution in [0.2, 0.25) is 0 Å². The van der Waals surface area contributed by atoms with Crippen LogP contribution in [0.3, 0.4) is 0 Å². The summed E-state index contributed by atoms with van der Waals surface area (Å²) in [5, 5.41) is 0. The fraction of sp³-hybridized carbons (Fsp3) is 0.296. The zero-order valence-electron chi connectivity index (χ0n) is 20.9. The molecule has 7 nitrogen and oxygen atoms in total. The van der Waals surface area contributed by atoms with Gasteiger partial charge in [-0.15, -0.1) is 0 Å². The maximum Gasteiger partial charge on any atom is 0.387 e. The van der Waals surface area contributed by atoms with E-state index in [4.69, 9.17) is 4.74 Å². The first kappa shape index (κ1) is 26.3. The fourth-order valence-electron chi connectivity index (χ4n) is 4.41. The van der Waals surface area contributed by atoms with Crippen LogP contribution in [0.25, 0.3) is 6.08 Å². The summed E-state index contributed by atoms with van der Waals surface area (Å²) >= 11 is 1.11. The molecule has 1 aliphatic heterocycles. The monoisotopic (exact) mass is 527 g/mol. The molecule has 3 aromatic rings. The molecule has 1 aromatic heterocycles. The van der Waals surface area contributed by atoms with Crippen molar-refractivity contribution in [2.24, 2.45) is 4.99 Å². The Morgan fingerprint density at radius 3 is 2.46 bits per heavy atom. The Labute approximate surface area is 216 Å². The van der Waals surface area contributed by atoms with Crippen molar-refractivity contribution in [3.05, 3.63) is 90.6 Å². The van der Waals surface area contributed by atoms with Crippen LogP contribution < -0.4 is 24.5 Å². The van der Waals surface area contributed by atoms with Gasteiger partial charge in [0.1, 0.15) is 5.75 Å². The zero-order chi connectivity index (χ0) is 26.7. The van der Waals surface area contributed by atoms with E-state index in [1.165, 1.54) is 23.8 Å². The van der Waals surface area contributed by atoms with Crippen molar-refractivity contribution in [3.8, 4) is 5.75 Å². The number of carbonyl (C=O) groups excluding carboxylic acids is 1. The van der Waals surface area contributed by atoms with E-state index in [2.05, 4.69) is 28.5 Å². The molecular formula is C27H27F2N3O4S. The molecule has 0 bridgehead atoms. The van der Waals surface area contributed by atoms with Gasteiger partial charge in [-0.3, -0.25) is 9.36 Å². The van der Waals surface area contributed by atoms with Gasteiger partial charge in [0, 0.05) is 24.3 Å². The molecule has 1 aliphatic rings. The van der Waals surface area contributed by atoms with Gasteiger partial charge in [-0.1, -0.05) is 41.7 Å². The fourth-order valence-corrected chi connectivity index (χ4v) is 5.45. The minimum absolute atomic E-state index is 0.0432. The first-order valence-corrected chi connectivity index (χ1v) is 12.6. The summed E-state index contributed by atoms with van der Waals surface area (Å²) in [7, 11) is 1.29. The molecule has 0 aliphatic carbocycles. The molecule has 1 unspecified atom stereocenters. The van der Waals surface area contributed by atoms with Crippen LogP contribution in [0.1, 0.15) is 37.9 Å². The third kappa shape index (κ3) is 5.20. The molecule has 1 atom stereocenters. The number of hydrogen-bond donors (Lipinski definition) is 0. The number of rotatable bonds is 8. The SMILES string of the molecule is CCN(CC)c1ccc(C2C(C(=O)OC)=C(C)N=c3sc(=Cc4ccccc4OC(F)F)c(=O)n32)cc1. The van der Waals surface area contributed by atoms with E-state index in [9.17, 15) is 18.4 Å². The molecule has 2 aromatic carbocycles. The lowest BCUT2D eigenvalue weighted by Crippen LogP contribution is -2.39. The standard InChI is InChI=1S/C27H27F2N3O4S/c1-5-31(6-2)19-13-11-17(12-14-19)23-22(25(34)35-4)16(3)30-27-32(23)24(33)21(37-27)15-18-9-7-8-10-20(18)36-26(28)29/h7-15,23,26H,5-6H2,1-4H3. The summed E-state index contributed by atoms with van der Waals surface area (Å²) in [5.74, 6) is -0.623. The molecule has 2 heterocycles. The number of ether oxygens (including phenoxy) is 2. The summed E-state index contributed by atoms with van der Waals surface area (Å²) in [4.78, 5) is 33.6. The molecule has 4 rings (SSSR count). The number of methoxy groups -OCH3 is 1. The molecular weight excluding hydrogens is 500 g/mol. The highest BCUT2D eigenvalue weighted by molar-refractivity contribution is 7.07. The van der Waals surface area contributed by atoms with Gasteiger partial charge in [-0.25, -0.2) is 9.79 Å². The second kappa shape index (κ2) is 11.1. The van der Waals surface area contributed by atoms with E-state index in [0.29, 0.717) is 16.1 Å². The Hall–Kier alpha value is -3.79. The molecule has 0 saturated carbocycles. The molecule has 194 valence electrons. The summed E-state index contributed by atoms with van der Waals surface area (Å²) < 4.78 is 37.2. The maximum atomic E-state index is 13.7. The van der Waals surface area contributed by atoms with Crippen LogP contribution in [0, 0.1) is 0 Å². The molecule has 0 amide bonds. The van der Waals surface area contributed by atoms with Crippen molar-refractivity contribution in [2.75, 3.05) is 25.1 Å². The number of carbonyl (C=O) groups is 1. The predicted molar refractivity (Wildman–Crippen MR) is 139 cm³/mol. The normalized spacial score (nSPS) is 15.4. The van der Waals surface area contributed by atoms with Crippen LogP contribution in [-0.2, 0) is 9.53 Å². The highest BCUT2D eigenvalue weighted by atomic mass is 32.1. The molecule has 0 spiro atoms. The van der Waals surface area contributed by atoms with E-state index in [1.807, 2.05) is 24.3 Å². The molecule has 10 heteroatoms. The van der Waals surface area contributed by atoms with Gasteiger partial charge >= 0.3 is 12.6 Å². The third-order valence-electron chi connectivity index (χ3n) is 6.19. The van der Waals surface area contributed by atoms with Crippen molar-refractivity contribution in [2.45, 2.75) is 33.4 Å². The third-order valence-corrected chi connectivity index (χ3v) is 7.17. The number of hydrogen-bond acceptors (Lipinski definition) is 7. The number of allylic oxidation sites excluding steroid dienone is 1. The Bertz CT molecular complexity index is 1510. The minimum Gasteiger partial charge on any atom is -0.466 e. The van der Waals surface area contributed by atoms with E-state index in [0.717, 1.165) is 35.7 Å². The number of aromatic nitrogens is 1. The molecule has 0 N–H and O–H groups in total. The lowest BCUT2D eigenvalue weighted by atomic mass is 9.95. The van der Waals surface area contributed by atoms with Crippen molar-refractivity contribution < 1.29 is 23.0 Å². The first-order valence-electron chi connectivity index (χ1n) is 11.8. The van der Waals surface area contributed by atoms with Gasteiger partial charge < -0.3 is 14.4 Å². The minimum atomic E-state index is -3.00. The Kier molecular flexibility index (Phi) is 7.87. The summed E-state index contributed by atoms with van der Waals surface area (Å²) in [6, 6.07) is 13.2. The van der Waals surface area contributed by atoms with Gasteiger partial charge in [-0.2, -0.15) is 8.78 Å². The lowest BCUT2D eigenvalue weighted by molar-refractivity contribution is -0.136. The second-order valence-corrected chi connectivity index (χ2v) is 9.26. The molecule has 0 saturated heterocycles. The zero-order valence-corrected chi connectivity index (χ0v) is 21.7. The van der Waals surface area contributed by atoms with Crippen LogP contribution in [0.4, 0.5) is 14.5 Å². The first-order chi connectivity index (χ1) is 17.8. The van der Waals surface area contributed by atoms with Crippen LogP contribution in [-0.4, -0.2) is 37.3 Å². The Morgan fingerprint density at radius 1 is 1.16 bits per heavy atom. The van der Waals surface area contributed by atoms with Crippen molar-refractivity contribution in [1.82, 2.24) is 4.57 Å². The average molecular weight is 528 g/mol. The van der Waals surface area contributed by atoms with Crippen molar-refractivity contribution >= 4 is 29.1 Å². The van der Waals surface area contributed by atoms with Crippen molar-refractivity contribution in [3.63, 3.8) is 0 Å². The summed E-state index contributed by atoms with van der Waals surface area (Å²) in [6.07, 6.45) is 1.50. The Morgan fingerprint density at radius 2 is 1.84 bits per heavy atom. The topological polar surface area (TPSA) is 73.1 Å². The number of halogens is 2. The van der Waals surface area contributed by atoms with Crippen LogP contribution >= 0.6 is 11.3 Å². The van der Waals surface area contributed by atoms with Crippen molar-refractivity contribution in [1.29, 1.82) is 0 Å². The number of nitrogens with zero attached hydrogens (tertiary/aromatic N) is 3. The summed E-state index contributed by atoms with van der Waals surface area (Å²) in [5.41, 5.74) is 2.38. The van der Waals surface area contributed by atoms with Gasteiger partial charge in [-0.05, 0) is 50.6 Å². The van der Waals surface area contributed by atoms with Gasteiger partial charge in [0.05, 0.1) is 29.0 Å². The van der Waals surface area contributed by atoms with Gasteiger partial charge in [0.15, 0.2) is 4.80 Å². The lowest BCUT2D eigenvalue weighted by Gasteiger charge is -2.26. The van der Waals surface area contributed by atoms with E-state index >= 15 is 0 Å². The number of para-hydroxylation sites is 1. The van der Waals surface area contributed by atoms with E-state index in [1.54, 1.807) is 25.1 Å². The maximum absolute atomic E-state index is 13.7. The number of benzene rings is 2. The molecule has 37 heavy (non-hydrogen) atoms. The van der Waals surface area contributed by atoms with Gasteiger partial charge in [0.25, 0.3) is 5.56 Å². The largest absolute Gasteiger partial charge is 0.466 e. The predicted octanol–water partition coefficient (Wildman–Crippen LogP) is 3.86. The number of fused-ring (bicyclic) bond motifs is 1. The highest BCUT2D eigenvalue weighted by Gasteiger charge is 2.33. The average Bonchev–Trinajstić information content (AvgIpc) is 3.19. The Balaban J connectivity index is 1.90. The van der Waals surface area contributed by atoms with E-state index < -0.39 is 24.2 Å². The number of esters is 1. The molecule has 0 fully saturated rings. The smallest absolute Gasteiger partial charge is 0.387 e. The van der Waals surface area contributed by atoms with Crippen LogP contribution in [0.15, 0.2) is 69.6 Å². The number of thiazole rings is 1. The molecule has 0 radical (unpaired) electrons. The van der Waals surface area contributed by atoms with E-state index in [-0.39, 0.29) is 15.9 Å². The number of anilines is 1. The second-order valence-electron chi connectivity index (χ2n) is 8.25. The van der Waals surface area contributed by atoms with Gasteiger partial charge in [0.2, 0.25) is 0 Å². The summed E-state index contributed by atoms with van der Waals surface area (Å²) in [6.45, 7) is 4.53. The number of alkyl halides is 2. The van der Waals surface area contributed by atoms with Crippen LogP contribution in [0.5, 0.6) is 5.75 Å². The highest BCUT2D eigenvalue weighted by Crippen LogP contribution is 2.31.